The maximum Gasteiger partial charge on any atom is 0.176 e. The molecule has 0 amide bonds. The molecular formula is C18H23FN2ORe-2. The number of nitrogens with zero attached hydrogens (tertiary/aromatic N) is 2. The van der Waals surface area contributed by atoms with Gasteiger partial charge in [-0.1, -0.05) is 26.8 Å². The fourth-order valence-corrected chi connectivity index (χ4v) is 2.85. The Kier molecular flexibility index (Phi) is 5.72. The molecule has 0 aliphatic carbocycles. The first kappa shape index (κ1) is 19.7. The molecule has 2 aromatic rings. The molecule has 0 spiro atoms. The SMILES string of the molecule is CC1=C(c2c[n-]c3ccc(F)cc23)OC(C(C)(C)C)N1C.[CH3-].[Re]. The van der Waals surface area contributed by atoms with Crippen LogP contribution in [0, 0.1) is 18.7 Å². The number of ether oxygens (including phenoxy) is 1. The predicted octanol–water partition coefficient (Wildman–Crippen LogP) is 4.41. The Morgan fingerprint density at radius 3 is 2.48 bits per heavy atom. The van der Waals surface area contributed by atoms with E-state index in [4.69, 9.17) is 4.74 Å². The molecule has 3 nitrogen and oxygen atoms in total. The third kappa shape index (κ3) is 3.32. The van der Waals surface area contributed by atoms with E-state index < -0.39 is 0 Å². The van der Waals surface area contributed by atoms with Gasteiger partial charge in [-0.3, -0.25) is 0 Å². The number of allylic oxidation sites excluding steroid dienone is 1. The normalized spacial score (nSPS) is 17.8. The van der Waals surface area contributed by atoms with Crippen LogP contribution in [0.25, 0.3) is 16.7 Å². The van der Waals surface area contributed by atoms with E-state index in [2.05, 4.69) is 30.7 Å². The predicted molar refractivity (Wildman–Crippen MR) is 88.3 cm³/mol. The zero-order valence-electron chi connectivity index (χ0n) is 14.4. The molecule has 0 bridgehead atoms. The molecule has 1 aromatic heterocycles. The first-order valence-electron chi connectivity index (χ1n) is 7.11. The van der Waals surface area contributed by atoms with Crippen molar-refractivity contribution >= 4 is 16.7 Å². The number of benzene rings is 1. The maximum absolute atomic E-state index is 13.5. The topological polar surface area (TPSA) is 26.6 Å². The minimum atomic E-state index is -0.256. The molecule has 1 aliphatic heterocycles. The second kappa shape index (κ2) is 6.67. The van der Waals surface area contributed by atoms with Crippen LogP contribution in [0.3, 0.4) is 0 Å². The molecule has 0 saturated heterocycles. The van der Waals surface area contributed by atoms with Crippen molar-refractivity contribution in [1.29, 1.82) is 0 Å². The van der Waals surface area contributed by atoms with E-state index in [1.807, 2.05) is 14.0 Å². The molecule has 2 heterocycles. The van der Waals surface area contributed by atoms with Gasteiger partial charge in [-0.25, -0.2) is 4.39 Å². The number of halogens is 1. The van der Waals surface area contributed by atoms with Crippen molar-refractivity contribution < 1.29 is 29.6 Å². The Bertz CT molecular complexity index is 730. The van der Waals surface area contributed by atoms with Crippen LogP contribution in [-0.4, -0.2) is 18.2 Å². The number of fused-ring (bicyclic) bond motifs is 1. The van der Waals surface area contributed by atoms with Crippen LogP contribution in [0.15, 0.2) is 30.1 Å². The number of hydrogen-bond donors (Lipinski definition) is 0. The van der Waals surface area contributed by atoms with Crippen LogP contribution < -0.4 is 4.98 Å². The zero-order chi connectivity index (χ0) is 15.4. The number of aromatic nitrogens is 1. The molecule has 1 aromatic carbocycles. The summed E-state index contributed by atoms with van der Waals surface area (Å²) in [7, 11) is 2.03. The molecule has 3 rings (SSSR count). The Morgan fingerprint density at radius 1 is 1.26 bits per heavy atom. The Hall–Kier alpha value is -1.31. The van der Waals surface area contributed by atoms with Crippen LogP contribution >= 0.6 is 0 Å². The monoisotopic (exact) mass is 489 g/mol. The van der Waals surface area contributed by atoms with Gasteiger partial charge in [0.2, 0.25) is 0 Å². The minimum absolute atomic E-state index is 0. The summed E-state index contributed by atoms with van der Waals surface area (Å²) in [6.07, 6.45) is 1.73. The fraction of sp³-hybridized carbons (Fsp3) is 0.389. The number of hydrogen-bond acceptors (Lipinski definition) is 2. The van der Waals surface area contributed by atoms with E-state index in [-0.39, 0.29) is 45.3 Å². The summed E-state index contributed by atoms with van der Waals surface area (Å²) in [5, 5.41) is 0.798. The van der Waals surface area contributed by atoms with Crippen LogP contribution in [0.2, 0.25) is 0 Å². The largest absolute Gasteiger partial charge is 0.663 e. The first-order valence-corrected chi connectivity index (χ1v) is 7.11. The first-order chi connectivity index (χ1) is 9.79. The fourth-order valence-electron chi connectivity index (χ4n) is 2.85. The zero-order valence-corrected chi connectivity index (χ0v) is 17.2. The summed E-state index contributed by atoms with van der Waals surface area (Å²) in [6, 6.07) is 4.65. The summed E-state index contributed by atoms with van der Waals surface area (Å²) in [5.41, 5.74) is 2.69. The molecular weight excluding hydrogens is 465 g/mol. The van der Waals surface area contributed by atoms with Gasteiger partial charge in [0.05, 0.1) is 5.70 Å². The van der Waals surface area contributed by atoms with Crippen LogP contribution in [0.4, 0.5) is 4.39 Å². The van der Waals surface area contributed by atoms with Crippen molar-refractivity contribution in [2.24, 2.45) is 5.41 Å². The maximum atomic E-state index is 13.5. The third-order valence-electron chi connectivity index (χ3n) is 4.01. The standard InChI is InChI=1S/C17H20FN2O.CH3.Re/c1-10-15(21-16(20(10)5)17(2,3)4)13-9-19-14-7-6-11(18)8-12(13)14;;/h6-9,16H,1-5H3;1H3;/q2*-1;. The van der Waals surface area contributed by atoms with Gasteiger partial charge in [0.25, 0.3) is 0 Å². The Balaban J connectivity index is 0.00000132. The van der Waals surface area contributed by atoms with Crippen molar-refractivity contribution in [3.05, 3.63) is 48.9 Å². The van der Waals surface area contributed by atoms with E-state index in [1.54, 1.807) is 12.3 Å². The summed E-state index contributed by atoms with van der Waals surface area (Å²) < 4.78 is 19.7. The van der Waals surface area contributed by atoms with Crippen molar-refractivity contribution in [2.75, 3.05) is 7.05 Å². The molecule has 1 radical (unpaired) electrons. The molecule has 127 valence electrons. The van der Waals surface area contributed by atoms with Gasteiger partial charge >= 0.3 is 0 Å². The van der Waals surface area contributed by atoms with Gasteiger partial charge in [0.1, 0.15) is 11.6 Å². The smallest absolute Gasteiger partial charge is 0.176 e. The molecule has 0 saturated carbocycles. The van der Waals surface area contributed by atoms with Crippen molar-refractivity contribution in [2.45, 2.75) is 33.9 Å². The summed E-state index contributed by atoms with van der Waals surface area (Å²) >= 11 is 0. The van der Waals surface area contributed by atoms with Crippen LogP contribution in [0.1, 0.15) is 33.3 Å². The average Bonchev–Trinajstić information content (AvgIpc) is 2.92. The van der Waals surface area contributed by atoms with Crippen LogP contribution in [-0.2, 0) is 25.2 Å². The third-order valence-corrected chi connectivity index (χ3v) is 4.01. The molecule has 23 heavy (non-hydrogen) atoms. The molecule has 0 fully saturated rings. The average molecular weight is 489 g/mol. The van der Waals surface area contributed by atoms with E-state index in [1.165, 1.54) is 12.1 Å². The minimum Gasteiger partial charge on any atom is -0.663 e. The molecule has 5 heteroatoms. The van der Waals surface area contributed by atoms with Gasteiger partial charge in [0.15, 0.2) is 6.23 Å². The summed E-state index contributed by atoms with van der Waals surface area (Å²) in [6.45, 7) is 8.46. The number of rotatable bonds is 1. The molecule has 1 unspecified atom stereocenters. The molecule has 0 N–H and O–H groups in total. The van der Waals surface area contributed by atoms with Gasteiger partial charge in [-0.15, -0.1) is 5.52 Å². The van der Waals surface area contributed by atoms with Crippen molar-refractivity contribution in [3.63, 3.8) is 0 Å². The second-order valence-corrected chi connectivity index (χ2v) is 6.70. The van der Waals surface area contributed by atoms with Gasteiger partial charge in [0, 0.05) is 38.4 Å². The van der Waals surface area contributed by atoms with Gasteiger partial charge < -0.3 is 22.0 Å². The van der Waals surface area contributed by atoms with Gasteiger partial charge in [-0.05, 0) is 24.4 Å². The van der Waals surface area contributed by atoms with Crippen LogP contribution in [0.5, 0.6) is 0 Å². The van der Waals surface area contributed by atoms with E-state index in [0.29, 0.717) is 0 Å². The Morgan fingerprint density at radius 2 is 1.91 bits per heavy atom. The van der Waals surface area contributed by atoms with Crippen molar-refractivity contribution in [1.82, 2.24) is 9.88 Å². The second-order valence-electron chi connectivity index (χ2n) is 6.70. The summed E-state index contributed by atoms with van der Waals surface area (Å²) in [4.78, 5) is 6.48. The molecule has 1 aliphatic rings. The summed E-state index contributed by atoms with van der Waals surface area (Å²) in [5.74, 6) is 0.541. The van der Waals surface area contributed by atoms with E-state index in [9.17, 15) is 4.39 Å². The van der Waals surface area contributed by atoms with E-state index >= 15 is 0 Å². The van der Waals surface area contributed by atoms with Crippen molar-refractivity contribution in [3.8, 4) is 0 Å². The molecule has 1 atom stereocenters. The quantitative estimate of drug-likeness (QED) is 0.557. The van der Waals surface area contributed by atoms with E-state index in [0.717, 1.165) is 27.9 Å². The van der Waals surface area contributed by atoms with Gasteiger partial charge in [-0.2, -0.15) is 6.20 Å². The Labute approximate surface area is 151 Å².